The summed E-state index contributed by atoms with van der Waals surface area (Å²) in [6.45, 7) is 7.66. The van der Waals surface area contributed by atoms with Crippen molar-refractivity contribution < 1.29 is 9.59 Å². The summed E-state index contributed by atoms with van der Waals surface area (Å²) in [4.78, 5) is 26.0. The molecule has 1 aromatic carbocycles. The molecule has 4 nitrogen and oxygen atoms in total. The van der Waals surface area contributed by atoms with Crippen molar-refractivity contribution in [3.05, 3.63) is 35.4 Å². The number of nitrogens with zero attached hydrogens (tertiary/aromatic N) is 1. The van der Waals surface area contributed by atoms with Crippen molar-refractivity contribution in [2.45, 2.75) is 33.1 Å². The van der Waals surface area contributed by atoms with E-state index in [9.17, 15) is 9.59 Å². The highest BCUT2D eigenvalue weighted by atomic mass is 16.2. The molecule has 1 amide bonds. The molecule has 4 heteroatoms. The Bertz CT molecular complexity index is 502. The molecule has 1 fully saturated rings. The second-order valence-electron chi connectivity index (χ2n) is 5.90. The average Bonchev–Trinajstić information content (AvgIpc) is 2.59. The van der Waals surface area contributed by atoms with Crippen LogP contribution >= 0.6 is 0 Å². The zero-order valence-electron chi connectivity index (χ0n) is 13.6. The predicted octanol–water partition coefficient (Wildman–Crippen LogP) is 2.74. The lowest BCUT2D eigenvalue weighted by atomic mass is 9.96. The molecule has 1 aliphatic heterocycles. The molecule has 0 aromatic heterocycles. The number of benzene rings is 1. The Morgan fingerprint density at radius 2 is 1.68 bits per heavy atom. The predicted molar refractivity (Wildman–Crippen MR) is 88.2 cm³/mol. The van der Waals surface area contributed by atoms with Crippen LogP contribution in [0, 0.1) is 5.92 Å². The first-order valence-electron chi connectivity index (χ1n) is 8.29. The van der Waals surface area contributed by atoms with Gasteiger partial charge in [-0.05, 0) is 44.0 Å². The summed E-state index contributed by atoms with van der Waals surface area (Å²) in [5.74, 6) is 0.870. The van der Waals surface area contributed by atoms with E-state index in [0.29, 0.717) is 23.5 Å². The van der Waals surface area contributed by atoms with Crippen LogP contribution in [0.1, 0.15) is 53.8 Å². The largest absolute Gasteiger partial charge is 0.339 e. The minimum atomic E-state index is 0.0809. The first-order valence-corrected chi connectivity index (χ1v) is 8.29. The van der Waals surface area contributed by atoms with Crippen LogP contribution in [0.2, 0.25) is 0 Å². The topological polar surface area (TPSA) is 49.4 Å². The lowest BCUT2D eigenvalue weighted by molar-refractivity contribution is 0.0690. The molecule has 22 heavy (non-hydrogen) atoms. The van der Waals surface area contributed by atoms with Gasteiger partial charge in [0, 0.05) is 30.6 Å². The SMILES string of the molecule is CCNCC1CCN(C(=O)c2ccc(C(=O)CC)cc2)CC1. The molecule has 1 saturated heterocycles. The molecule has 120 valence electrons. The van der Waals surface area contributed by atoms with Gasteiger partial charge >= 0.3 is 0 Å². The number of Topliss-reactive ketones (excluding diaryl/α,β-unsaturated/α-hetero) is 1. The quantitative estimate of drug-likeness (QED) is 0.822. The second-order valence-corrected chi connectivity index (χ2v) is 5.90. The van der Waals surface area contributed by atoms with E-state index in [1.807, 2.05) is 11.8 Å². The van der Waals surface area contributed by atoms with Crippen molar-refractivity contribution in [3.8, 4) is 0 Å². The van der Waals surface area contributed by atoms with Crippen molar-refractivity contribution >= 4 is 11.7 Å². The normalized spacial score (nSPS) is 15.8. The van der Waals surface area contributed by atoms with Crippen LogP contribution in [0.5, 0.6) is 0 Å². The summed E-state index contributed by atoms with van der Waals surface area (Å²) in [7, 11) is 0. The van der Waals surface area contributed by atoms with Crippen molar-refractivity contribution in [1.29, 1.82) is 0 Å². The summed E-state index contributed by atoms with van der Waals surface area (Å²) < 4.78 is 0. The van der Waals surface area contributed by atoms with Crippen LogP contribution in [0.4, 0.5) is 0 Å². The highest BCUT2D eigenvalue weighted by Gasteiger charge is 2.23. The smallest absolute Gasteiger partial charge is 0.253 e. The highest BCUT2D eigenvalue weighted by molar-refractivity contribution is 5.98. The lowest BCUT2D eigenvalue weighted by Crippen LogP contribution is -2.40. The van der Waals surface area contributed by atoms with Crippen molar-refractivity contribution in [3.63, 3.8) is 0 Å². The summed E-state index contributed by atoms with van der Waals surface area (Å²) in [5.41, 5.74) is 1.36. The van der Waals surface area contributed by atoms with Gasteiger partial charge in [-0.15, -0.1) is 0 Å². The lowest BCUT2D eigenvalue weighted by Gasteiger charge is -2.32. The van der Waals surface area contributed by atoms with Crippen LogP contribution in [0.15, 0.2) is 24.3 Å². The Morgan fingerprint density at radius 1 is 1.09 bits per heavy atom. The van der Waals surface area contributed by atoms with E-state index in [1.165, 1.54) is 0 Å². The van der Waals surface area contributed by atoms with Gasteiger partial charge in [0.2, 0.25) is 0 Å². The molecule has 0 bridgehead atoms. The first kappa shape index (κ1) is 16.7. The van der Waals surface area contributed by atoms with Gasteiger partial charge in [-0.1, -0.05) is 26.0 Å². The minimum absolute atomic E-state index is 0.0809. The Hall–Kier alpha value is -1.68. The number of rotatable bonds is 6. The molecule has 0 unspecified atom stereocenters. The number of likely N-dealkylation sites (tertiary alicyclic amines) is 1. The van der Waals surface area contributed by atoms with Gasteiger partial charge in [-0.2, -0.15) is 0 Å². The fourth-order valence-corrected chi connectivity index (χ4v) is 2.87. The summed E-state index contributed by atoms with van der Waals surface area (Å²) in [6, 6.07) is 7.07. The second kappa shape index (κ2) is 8.08. The van der Waals surface area contributed by atoms with Gasteiger partial charge in [0.1, 0.15) is 0 Å². The van der Waals surface area contributed by atoms with Gasteiger partial charge in [0.05, 0.1) is 0 Å². The standard InChI is InChI=1S/C18H26N2O2/c1-3-17(21)15-5-7-16(8-6-15)18(22)20-11-9-14(10-12-20)13-19-4-2/h5-8,14,19H,3-4,9-13H2,1-2H3. The van der Waals surface area contributed by atoms with Gasteiger partial charge in [0.25, 0.3) is 5.91 Å². The molecule has 0 radical (unpaired) electrons. The van der Waals surface area contributed by atoms with E-state index < -0.39 is 0 Å². The summed E-state index contributed by atoms with van der Waals surface area (Å²) in [5, 5.41) is 3.38. The monoisotopic (exact) mass is 302 g/mol. The molecule has 1 N–H and O–H groups in total. The molecule has 1 aliphatic rings. The molecular weight excluding hydrogens is 276 g/mol. The number of piperidine rings is 1. The molecular formula is C18H26N2O2. The third-order valence-corrected chi connectivity index (χ3v) is 4.36. The van der Waals surface area contributed by atoms with Gasteiger partial charge in [0.15, 0.2) is 5.78 Å². The highest BCUT2D eigenvalue weighted by Crippen LogP contribution is 2.19. The Balaban J connectivity index is 1.91. The van der Waals surface area contributed by atoms with Gasteiger partial charge < -0.3 is 10.2 Å². The molecule has 1 aromatic rings. The number of hydrogen-bond acceptors (Lipinski definition) is 3. The summed E-state index contributed by atoms with van der Waals surface area (Å²) in [6.07, 6.45) is 2.61. The number of amides is 1. The van der Waals surface area contributed by atoms with E-state index in [2.05, 4.69) is 12.2 Å². The zero-order valence-corrected chi connectivity index (χ0v) is 13.6. The number of ketones is 1. The Labute approximate surface area is 132 Å². The zero-order chi connectivity index (χ0) is 15.9. The van der Waals surface area contributed by atoms with Crippen LogP contribution in [0.3, 0.4) is 0 Å². The van der Waals surface area contributed by atoms with E-state index >= 15 is 0 Å². The number of nitrogens with one attached hydrogen (secondary N) is 1. The number of carbonyl (C=O) groups excluding carboxylic acids is 2. The van der Waals surface area contributed by atoms with Crippen molar-refractivity contribution in [2.24, 2.45) is 5.92 Å². The minimum Gasteiger partial charge on any atom is -0.339 e. The maximum atomic E-state index is 12.5. The van der Waals surface area contributed by atoms with Gasteiger partial charge in [-0.25, -0.2) is 0 Å². The molecule has 0 atom stereocenters. The molecule has 2 rings (SSSR count). The summed E-state index contributed by atoms with van der Waals surface area (Å²) >= 11 is 0. The van der Waals surface area contributed by atoms with Crippen LogP contribution < -0.4 is 5.32 Å². The first-order chi connectivity index (χ1) is 10.7. The fraction of sp³-hybridized carbons (Fsp3) is 0.556. The van der Waals surface area contributed by atoms with E-state index in [1.54, 1.807) is 24.3 Å². The molecule has 0 aliphatic carbocycles. The number of hydrogen-bond donors (Lipinski definition) is 1. The third kappa shape index (κ3) is 4.17. The van der Waals surface area contributed by atoms with Gasteiger partial charge in [-0.3, -0.25) is 9.59 Å². The van der Waals surface area contributed by atoms with Crippen LogP contribution in [0.25, 0.3) is 0 Å². The Kier molecular flexibility index (Phi) is 6.13. The molecule has 1 heterocycles. The van der Waals surface area contributed by atoms with Crippen molar-refractivity contribution in [1.82, 2.24) is 10.2 Å². The van der Waals surface area contributed by atoms with E-state index in [-0.39, 0.29) is 11.7 Å². The maximum Gasteiger partial charge on any atom is 0.253 e. The number of carbonyl (C=O) groups is 2. The average molecular weight is 302 g/mol. The van der Waals surface area contributed by atoms with Crippen LogP contribution in [-0.4, -0.2) is 42.8 Å². The molecule has 0 saturated carbocycles. The van der Waals surface area contributed by atoms with E-state index in [4.69, 9.17) is 0 Å². The van der Waals surface area contributed by atoms with Crippen molar-refractivity contribution in [2.75, 3.05) is 26.2 Å². The fourth-order valence-electron chi connectivity index (χ4n) is 2.87. The maximum absolute atomic E-state index is 12.5. The Morgan fingerprint density at radius 3 is 2.23 bits per heavy atom. The third-order valence-electron chi connectivity index (χ3n) is 4.36. The van der Waals surface area contributed by atoms with Crippen LogP contribution in [-0.2, 0) is 0 Å². The van der Waals surface area contributed by atoms with E-state index in [0.717, 1.165) is 39.0 Å². The molecule has 0 spiro atoms.